The Balaban J connectivity index is 1.82. The van der Waals surface area contributed by atoms with Gasteiger partial charge in [-0.25, -0.2) is 4.79 Å². The van der Waals surface area contributed by atoms with Gasteiger partial charge in [0.15, 0.2) is 5.75 Å². The van der Waals surface area contributed by atoms with Gasteiger partial charge in [-0.2, -0.15) is 0 Å². The lowest BCUT2D eigenvalue weighted by Gasteiger charge is -2.06. The molecule has 0 spiro atoms. The predicted molar refractivity (Wildman–Crippen MR) is 106 cm³/mol. The summed E-state index contributed by atoms with van der Waals surface area (Å²) in [5, 5.41) is 0. The Hall–Kier alpha value is -2.95. The van der Waals surface area contributed by atoms with Crippen LogP contribution in [0.4, 0.5) is 11.4 Å². The molecule has 2 aromatic carbocycles. The molecule has 2 aromatic rings. The second-order valence-corrected chi connectivity index (χ2v) is 6.03. The molecule has 0 unspecified atom stereocenters. The topological polar surface area (TPSA) is 87.6 Å². The van der Waals surface area contributed by atoms with Crippen LogP contribution in [0, 0.1) is 0 Å². The van der Waals surface area contributed by atoms with Crippen molar-refractivity contribution in [3.05, 3.63) is 54.1 Å². The molecule has 4 N–H and O–H groups in total. The highest BCUT2D eigenvalue weighted by Crippen LogP contribution is 2.23. The SMILES string of the molecule is CCCCCCOc1ccc(C=CC(=O)Oc2ccc(N)cc2N)cc1. The minimum atomic E-state index is -0.502. The molecule has 0 amide bonds. The van der Waals surface area contributed by atoms with Crippen molar-refractivity contribution in [1.82, 2.24) is 0 Å². The molecule has 0 heterocycles. The molecule has 138 valence electrons. The smallest absolute Gasteiger partial charge is 0.336 e. The average Bonchev–Trinajstić information content (AvgIpc) is 2.63. The zero-order valence-electron chi connectivity index (χ0n) is 15.1. The van der Waals surface area contributed by atoms with Gasteiger partial charge in [0, 0.05) is 11.8 Å². The van der Waals surface area contributed by atoms with Crippen LogP contribution >= 0.6 is 0 Å². The normalized spacial score (nSPS) is 10.8. The molecular weight excluding hydrogens is 328 g/mol. The molecule has 5 nitrogen and oxygen atoms in total. The summed E-state index contributed by atoms with van der Waals surface area (Å²) in [4.78, 5) is 11.9. The maximum absolute atomic E-state index is 11.9. The zero-order chi connectivity index (χ0) is 18.8. The molecule has 0 radical (unpaired) electrons. The third kappa shape index (κ3) is 6.51. The van der Waals surface area contributed by atoms with Gasteiger partial charge in [0.2, 0.25) is 0 Å². The molecule has 0 atom stereocenters. The Morgan fingerprint density at radius 1 is 1.04 bits per heavy atom. The Kier molecular flexibility index (Phi) is 7.55. The quantitative estimate of drug-likeness (QED) is 0.229. The fourth-order valence-electron chi connectivity index (χ4n) is 2.36. The van der Waals surface area contributed by atoms with Crippen LogP contribution in [0.5, 0.6) is 11.5 Å². The molecule has 5 heteroatoms. The van der Waals surface area contributed by atoms with Crippen molar-refractivity contribution in [3.8, 4) is 11.5 Å². The van der Waals surface area contributed by atoms with E-state index in [4.69, 9.17) is 20.9 Å². The molecular formula is C21H26N2O3. The molecule has 0 aromatic heterocycles. The van der Waals surface area contributed by atoms with Crippen molar-refractivity contribution in [2.24, 2.45) is 0 Å². The number of carbonyl (C=O) groups excluding carboxylic acids is 1. The summed E-state index contributed by atoms with van der Waals surface area (Å²) in [7, 11) is 0. The van der Waals surface area contributed by atoms with Crippen LogP contribution in [0.3, 0.4) is 0 Å². The third-order valence-corrected chi connectivity index (χ3v) is 3.80. The summed E-state index contributed by atoms with van der Waals surface area (Å²) >= 11 is 0. The van der Waals surface area contributed by atoms with Gasteiger partial charge in [-0.3, -0.25) is 0 Å². The molecule has 0 aliphatic rings. The van der Waals surface area contributed by atoms with Gasteiger partial charge in [-0.1, -0.05) is 38.3 Å². The van der Waals surface area contributed by atoms with E-state index in [0.717, 1.165) is 24.3 Å². The third-order valence-electron chi connectivity index (χ3n) is 3.80. The summed E-state index contributed by atoms with van der Waals surface area (Å²) in [5.74, 6) is 0.620. The molecule has 0 aliphatic heterocycles. The summed E-state index contributed by atoms with van der Waals surface area (Å²) in [6.07, 6.45) is 7.75. The van der Waals surface area contributed by atoms with E-state index in [-0.39, 0.29) is 0 Å². The second kappa shape index (κ2) is 10.1. The standard InChI is InChI=1S/C21H26N2O3/c1-2-3-4-5-14-25-18-10-6-16(7-11-18)8-13-21(24)26-20-12-9-17(22)15-19(20)23/h6-13,15H,2-5,14,22-23H2,1H3. The number of nitrogens with two attached hydrogens (primary N) is 2. The lowest BCUT2D eigenvalue weighted by atomic mass is 10.2. The first-order chi connectivity index (χ1) is 12.6. The van der Waals surface area contributed by atoms with Gasteiger partial charge >= 0.3 is 5.97 Å². The fourth-order valence-corrected chi connectivity index (χ4v) is 2.36. The van der Waals surface area contributed by atoms with Crippen LogP contribution in [-0.4, -0.2) is 12.6 Å². The number of esters is 1. The Bertz CT molecular complexity index is 739. The van der Waals surface area contributed by atoms with Crippen LogP contribution in [0.25, 0.3) is 6.08 Å². The van der Waals surface area contributed by atoms with Crippen molar-refractivity contribution < 1.29 is 14.3 Å². The number of benzene rings is 2. The molecule has 0 bridgehead atoms. The minimum Gasteiger partial charge on any atom is -0.494 e. The van der Waals surface area contributed by atoms with Crippen molar-refractivity contribution in [2.45, 2.75) is 32.6 Å². The van der Waals surface area contributed by atoms with Crippen LogP contribution in [0.2, 0.25) is 0 Å². The highest BCUT2D eigenvalue weighted by molar-refractivity contribution is 5.89. The van der Waals surface area contributed by atoms with Crippen molar-refractivity contribution >= 4 is 23.4 Å². The molecule has 26 heavy (non-hydrogen) atoms. The van der Waals surface area contributed by atoms with Gasteiger partial charge < -0.3 is 20.9 Å². The van der Waals surface area contributed by atoms with E-state index in [1.165, 1.54) is 25.3 Å². The summed E-state index contributed by atoms with van der Waals surface area (Å²) in [6, 6.07) is 12.3. The van der Waals surface area contributed by atoms with Crippen molar-refractivity contribution in [3.63, 3.8) is 0 Å². The van der Waals surface area contributed by atoms with E-state index < -0.39 is 5.97 Å². The molecule has 0 fully saturated rings. The number of carbonyl (C=O) groups is 1. The summed E-state index contributed by atoms with van der Waals surface area (Å²) < 4.78 is 10.9. The Morgan fingerprint density at radius 3 is 2.50 bits per heavy atom. The monoisotopic (exact) mass is 354 g/mol. The van der Waals surface area contributed by atoms with E-state index in [1.54, 1.807) is 24.3 Å². The number of rotatable bonds is 9. The van der Waals surface area contributed by atoms with Gasteiger partial charge in [-0.05, 0) is 48.4 Å². The maximum atomic E-state index is 11.9. The molecule has 2 rings (SSSR count). The zero-order valence-corrected chi connectivity index (χ0v) is 15.1. The first-order valence-electron chi connectivity index (χ1n) is 8.86. The number of nitrogen functional groups attached to an aromatic ring is 2. The van der Waals surface area contributed by atoms with Crippen molar-refractivity contribution in [1.29, 1.82) is 0 Å². The second-order valence-electron chi connectivity index (χ2n) is 6.03. The fraction of sp³-hybridized carbons (Fsp3) is 0.286. The van der Waals surface area contributed by atoms with Gasteiger partial charge in [0.05, 0.1) is 12.3 Å². The van der Waals surface area contributed by atoms with E-state index in [9.17, 15) is 4.79 Å². The lowest BCUT2D eigenvalue weighted by Crippen LogP contribution is -2.06. The highest BCUT2D eigenvalue weighted by atomic mass is 16.5. The lowest BCUT2D eigenvalue weighted by molar-refractivity contribution is -0.128. The van der Waals surface area contributed by atoms with Gasteiger partial charge in [-0.15, -0.1) is 0 Å². The van der Waals surface area contributed by atoms with Gasteiger partial charge in [0.1, 0.15) is 5.75 Å². The number of unbranched alkanes of at least 4 members (excludes halogenated alkanes) is 3. The first-order valence-corrected chi connectivity index (χ1v) is 8.86. The Morgan fingerprint density at radius 2 is 1.81 bits per heavy atom. The average molecular weight is 354 g/mol. The number of hydrogen-bond donors (Lipinski definition) is 2. The molecule has 0 saturated heterocycles. The Labute approximate surface area is 154 Å². The van der Waals surface area contributed by atoms with E-state index in [2.05, 4.69) is 6.92 Å². The van der Waals surface area contributed by atoms with Gasteiger partial charge in [0.25, 0.3) is 0 Å². The van der Waals surface area contributed by atoms with Crippen LogP contribution in [-0.2, 0) is 4.79 Å². The van der Waals surface area contributed by atoms with Crippen LogP contribution in [0.1, 0.15) is 38.2 Å². The first kappa shape index (κ1) is 19.4. The predicted octanol–water partition coefficient (Wildman–Crippen LogP) is 4.43. The largest absolute Gasteiger partial charge is 0.494 e. The van der Waals surface area contributed by atoms with Crippen LogP contribution in [0.15, 0.2) is 48.5 Å². The number of anilines is 2. The minimum absolute atomic E-state index is 0.292. The summed E-state index contributed by atoms with van der Waals surface area (Å²) in [6.45, 7) is 2.91. The van der Waals surface area contributed by atoms with E-state index in [0.29, 0.717) is 17.1 Å². The highest BCUT2D eigenvalue weighted by Gasteiger charge is 2.05. The maximum Gasteiger partial charge on any atom is 0.336 e. The number of hydrogen-bond acceptors (Lipinski definition) is 5. The molecule has 0 aliphatic carbocycles. The molecule has 0 saturated carbocycles. The van der Waals surface area contributed by atoms with Crippen molar-refractivity contribution in [2.75, 3.05) is 18.1 Å². The number of ether oxygens (including phenoxy) is 2. The van der Waals surface area contributed by atoms with E-state index >= 15 is 0 Å². The summed E-state index contributed by atoms with van der Waals surface area (Å²) in [5.41, 5.74) is 13.1. The van der Waals surface area contributed by atoms with Crippen LogP contribution < -0.4 is 20.9 Å². The van der Waals surface area contributed by atoms with E-state index in [1.807, 2.05) is 24.3 Å².